The van der Waals surface area contributed by atoms with Crippen molar-refractivity contribution in [2.75, 3.05) is 26.8 Å². The summed E-state index contributed by atoms with van der Waals surface area (Å²) in [5.74, 6) is 0.685. The number of unbranched alkanes of at least 4 members (excludes halogenated alkanes) is 2. The summed E-state index contributed by atoms with van der Waals surface area (Å²) < 4.78 is 5.73. The van der Waals surface area contributed by atoms with Gasteiger partial charge in [-0.05, 0) is 59.9 Å². The number of aliphatic hydroxyl groups is 1. The summed E-state index contributed by atoms with van der Waals surface area (Å²) in [7, 11) is 2.01. The third-order valence-corrected chi connectivity index (χ3v) is 7.13. The molecular weight excluding hydrogens is 474 g/mol. The Balaban J connectivity index is 1.39. The minimum Gasteiger partial charge on any atom is -0.390 e. The summed E-state index contributed by atoms with van der Waals surface area (Å²) >= 11 is 0. The molecule has 6 nitrogen and oxygen atoms in total. The van der Waals surface area contributed by atoms with Crippen molar-refractivity contribution in [2.45, 2.75) is 51.7 Å². The van der Waals surface area contributed by atoms with Gasteiger partial charge in [-0.25, -0.2) is 4.99 Å². The molecule has 1 aliphatic rings. The fourth-order valence-corrected chi connectivity index (χ4v) is 4.71. The maximum Gasteiger partial charge on any atom is 0.251 e. The molecule has 200 valence electrons. The van der Waals surface area contributed by atoms with E-state index in [1.807, 2.05) is 86.8 Å². The van der Waals surface area contributed by atoms with Gasteiger partial charge in [-0.1, -0.05) is 68.3 Å². The van der Waals surface area contributed by atoms with Gasteiger partial charge >= 0.3 is 0 Å². The number of hydrogen-bond donors (Lipinski definition) is 2. The van der Waals surface area contributed by atoms with Crippen molar-refractivity contribution in [3.8, 4) is 11.1 Å². The molecule has 2 atom stereocenters. The zero-order valence-corrected chi connectivity index (χ0v) is 22.7. The molecule has 6 heteroatoms. The van der Waals surface area contributed by atoms with E-state index in [0.29, 0.717) is 18.6 Å². The molecule has 38 heavy (non-hydrogen) atoms. The summed E-state index contributed by atoms with van der Waals surface area (Å²) in [6.07, 6.45) is 3.33. The van der Waals surface area contributed by atoms with Crippen LogP contribution in [0.2, 0.25) is 0 Å². The lowest BCUT2D eigenvalue weighted by Crippen LogP contribution is -2.33. The highest BCUT2D eigenvalue weighted by Crippen LogP contribution is 2.34. The average molecular weight is 514 g/mol. The first-order valence-corrected chi connectivity index (χ1v) is 13.6. The molecule has 3 aromatic rings. The normalized spacial score (nSPS) is 16.8. The Labute approximate surface area is 226 Å². The SMILES string of the molecule is CCCCCOCCN(C)/C(C)=N/c1ccc2c(c1)[C@@H](NC(=O)c1ccc(-c3ccccc3)cc1)[C@H](O)C2. The van der Waals surface area contributed by atoms with Gasteiger partial charge < -0.3 is 20.1 Å². The number of benzene rings is 3. The highest BCUT2D eigenvalue weighted by Gasteiger charge is 2.32. The van der Waals surface area contributed by atoms with E-state index in [0.717, 1.165) is 53.3 Å². The first kappa shape index (κ1) is 27.6. The number of likely N-dealkylation sites (N-methyl/N-ethyl adjacent to an activating group) is 1. The predicted octanol–water partition coefficient (Wildman–Crippen LogP) is 5.93. The van der Waals surface area contributed by atoms with Crippen LogP contribution in [-0.2, 0) is 11.2 Å². The number of amides is 1. The van der Waals surface area contributed by atoms with Crippen LogP contribution in [-0.4, -0.2) is 54.7 Å². The predicted molar refractivity (Wildman–Crippen MR) is 154 cm³/mol. The number of aliphatic hydroxyl groups excluding tert-OH is 1. The van der Waals surface area contributed by atoms with Crippen molar-refractivity contribution >= 4 is 17.4 Å². The number of rotatable bonds is 11. The number of fused-ring (bicyclic) bond motifs is 1. The lowest BCUT2D eigenvalue weighted by Gasteiger charge is -2.20. The number of aliphatic imine (C=N–C) groups is 1. The molecule has 0 fully saturated rings. The molecule has 0 heterocycles. The van der Waals surface area contributed by atoms with Crippen LogP contribution in [0.5, 0.6) is 0 Å². The Bertz CT molecular complexity index is 1220. The molecule has 0 unspecified atom stereocenters. The summed E-state index contributed by atoms with van der Waals surface area (Å²) in [6, 6.07) is 23.1. The number of carbonyl (C=O) groups excluding carboxylic acids is 1. The number of carbonyl (C=O) groups is 1. The van der Waals surface area contributed by atoms with Crippen molar-refractivity contribution in [1.29, 1.82) is 0 Å². The van der Waals surface area contributed by atoms with Crippen molar-refractivity contribution in [1.82, 2.24) is 10.2 Å². The molecule has 0 radical (unpaired) electrons. The van der Waals surface area contributed by atoms with Gasteiger partial charge in [0.1, 0.15) is 5.84 Å². The fourth-order valence-electron chi connectivity index (χ4n) is 4.71. The zero-order valence-electron chi connectivity index (χ0n) is 22.7. The summed E-state index contributed by atoms with van der Waals surface area (Å²) in [5.41, 5.74) is 5.48. The minimum atomic E-state index is -0.676. The van der Waals surface area contributed by atoms with Crippen LogP contribution in [0.15, 0.2) is 77.8 Å². The Kier molecular flexibility index (Phi) is 9.68. The van der Waals surface area contributed by atoms with Crippen molar-refractivity contribution in [2.24, 2.45) is 4.99 Å². The van der Waals surface area contributed by atoms with Crippen LogP contribution in [0.25, 0.3) is 11.1 Å². The molecule has 0 aliphatic heterocycles. The van der Waals surface area contributed by atoms with Gasteiger partial charge in [-0.15, -0.1) is 0 Å². The fraction of sp³-hybridized carbons (Fsp3) is 0.375. The van der Waals surface area contributed by atoms with E-state index in [1.54, 1.807) is 0 Å². The van der Waals surface area contributed by atoms with Crippen LogP contribution in [0.3, 0.4) is 0 Å². The lowest BCUT2D eigenvalue weighted by atomic mass is 10.0. The summed E-state index contributed by atoms with van der Waals surface area (Å²) in [5, 5.41) is 13.8. The van der Waals surface area contributed by atoms with E-state index < -0.39 is 12.1 Å². The average Bonchev–Trinajstić information content (AvgIpc) is 3.25. The van der Waals surface area contributed by atoms with Gasteiger partial charge in [-0.3, -0.25) is 4.79 Å². The molecule has 0 bridgehead atoms. The van der Waals surface area contributed by atoms with Crippen LogP contribution >= 0.6 is 0 Å². The van der Waals surface area contributed by atoms with Crippen molar-refractivity contribution in [3.05, 3.63) is 89.5 Å². The monoisotopic (exact) mass is 513 g/mol. The quantitative estimate of drug-likeness (QED) is 0.189. The van der Waals surface area contributed by atoms with E-state index in [2.05, 4.69) is 17.1 Å². The topological polar surface area (TPSA) is 74.2 Å². The maximum absolute atomic E-state index is 13.1. The number of nitrogens with one attached hydrogen (secondary N) is 1. The molecule has 3 aromatic carbocycles. The second-order valence-electron chi connectivity index (χ2n) is 9.95. The molecule has 0 spiro atoms. The smallest absolute Gasteiger partial charge is 0.251 e. The number of ether oxygens (including phenoxy) is 1. The largest absolute Gasteiger partial charge is 0.390 e. The van der Waals surface area contributed by atoms with E-state index in [9.17, 15) is 9.90 Å². The van der Waals surface area contributed by atoms with Gasteiger partial charge in [0.05, 0.1) is 24.4 Å². The Hall–Kier alpha value is -3.48. The third kappa shape index (κ3) is 7.09. The highest BCUT2D eigenvalue weighted by atomic mass is 16.5. The Morgan fingerprint density at radius 1 is 1.03 bits per heavy atom. The summed E-state index contributed by atoms with van der Waals surface area (Å²) in [4.78, 5) is 19.9. The Morgan fingerprint density at radius 2 is 1.76 bits per heavy atom. The number of nitrogens with zero attached hydrogens (tertiary/aromatic N) is 2. The second kappa shape index (κ2) is 13.4. The zero-order chi connectivity index (χ0) is 26.9. The van der Waals surface area contributed by atoms with Crippen LogP contribution in [0.4, 0.5) is 5.69 Å². The summed E-state index contributed by atoms with van der Waals surface area (Å²) in [6.45, 7) is 6.41. The molecule has 0 saturated carbocycles. The number of hydrogen-bond acceptors (Lipinski definition) is 4. The van der Waals surface area contributed by atoms with E-state index in [1.165, 1.54) is 12.8 Å². The molecule has 0 aromatic heterocycles. The molecule has 1 aliphatic carbocycles. The first-order chi connectivity index (χ1) is 18.5. The van der Waals surface area contributed by atoms with E-state index in [4.69, 9.17) is 9.73 Å². The molecule has 1 amide bonds. The molecule has 2 N–H and O–H groups in total. The maximum atomic E-state index is 13.1. The van der Waals surface area contributed by atoms with Crippen molar-refractivity contribution in [3.63, 3.8) is 0 Å². The van der Waals surface area contributed by atoms with Gasteiger partial charge in [-0.2, -0.15) is 0 Å². The van der Waals surface area contributed by atoms with E-state index in [-0.39, 0.29) is 5.91 Å². The lowest BCUT2D eigenvalue weighted by molar-refractivity contribution is 0.0858. The van der Waals surface area contributed by atoms with Gasteiger partial charge in [0.2, 0.25) is 0 Å². The third-order valence-electron chi connectivity index (χ3n) is 7.13. The van der Waals surface area contributed by atoms with E-state index >= 15 is 0 Å². The standard InChI is InChI=1S/C32H39N3O3/c1-4-5-9-19-38-20-18-35(3)23(2)33-28-17-16-27-21-30(36)31(29(27)22-28)34-32(37)26-14-12-25(13-15-26)24-10-7-6-8-11-24/h6-8,10-17,22,30-31,36H,4-5,9,18-21H2,1-3H3,(H,34,37)/b33-23+/t30-,31-/m1/s1. The van der Waals surface area contributed by atoms with Crippen LogP contribution < -0.4 is 5.32 Å². The van der Waals surface area contributed by atoms with Gasteiger partial charge in [0.15, 0.2) is 0 Å². The highest BCUT2D eigenvalue weighted by molar-refractivity contribution is 5.95. The first-order valence-electron chi connectivity index (χ1n) is 13.6. The Morgan fingerprint density at radius 3 is 2.50 bits per heavy atom. The molecule has 4 rings (SSSR count). The molecule has 0 saturated heterocycles. The number of amidine groups is 1. The second-order valence-corrected chi connectivity index (χ2v) is 9.95. The van der Waals surface area contributed by atoms with Crippen molar-refractivity contribution < 1.29 is 14.6 Å². The molecular formula is C32H39N3O3. The van der Waals surface area contributed by atoms with Crippen LogP contribution in [0.1, 0.15) is 60.6 Å². The van der Waals surface area contributed by atoms with Gasteiger partial charge in [0.25, 0.3) is 5.91 Å². The minimum absolute atomic E-state index is 0.203. The van der Waals surface area contributed by atoms with Gasteiger partial charge in [0, 0.05) is 32.2 Å². The van der Waals surface area contributed by atoms with Crippen LogP contribution in [0, 0.1) is 0 Å².